The van der Waals surface area contributed by atoms with Crippen LogP contribution in [0.1, 0.15) is 11.1 Å². The number of rotatable bonds is 3. The molecule has 0 fully saturated rings. The predicted molar refractivity (Wildman–Crippen MR) is 83.5 cm³/mol. The quantitative estimate of drug-likeness (QED) is 0.893. The van der Waals surface area contributed by atoms with Gasteiger partial charge in [-0.3, -0.25) is 4.79 Å². The first kappa shape index (κ1) is 14.1. The van der Waals surface area contributed by atoms with Crippen molar-refractivity contribution in [2.45, 2.75) is 19.0 Å². The van der Waals surface area contributed by atoms with Gasteiger partial charge in [0.1, 0.15) is 11.9 Å². The number of hydrogen-bond acceptors (Lipinski definition) is 2. The first-order valence-corrected chi connectivity index (χ1v) is 7.49. The Morgan fingerprint density at radius 3 is 2.95 bits per heavy atom. The zero-order chi connectivity index (χ0) is 14.8. The predicted octanol–water partition coefficient (Wildman–Crippen LogP) is 3.24. The van der Waals surface area contributed by atoms with E-state index in [1.165, 1.54) is 12.1 Å². The highest BCUT2D eigenvalue weighted by molar-refractivity contribution is 9.10. The van der Waals surface area contributed by atoms with E-state index in [1.54, 1.807) is 6.07 Å². The number of anilines is 1. The summed E-state index contributed by atoms with van der Waals surface area (Å²) in [6.45, 7) is 0.297. The molecule has 3 nitrogen and oxygen atoms in total. The van der Waals surface area contributed by atoms with Crippen LogP contribution >= 0.6 is 15.9 Å². The van der Waals surface area contributed by atoms with Gasteiger partial charge in [-0.15, -0.1) is 0 Å². The van der Waals surface area contributed by atoms with Crippen molar-refractivity contribution in [2.75, 3.05) is 5.32 Å². The molecular formula is C16H14BrFN2O. The molecule has 0 spiro atoms. The van der Waals surface area contributed by atoms with Gasteiger partial charge in [-0.05, 0) is 35.4 Å². The summed E-state index contributed by atoms with van der Waals surface area (Å²) in [6.07, 6.45) is 0.673. The zero-order valence-electron chi connectivity index (χ0n) is 11.2. The number of para-hydroxylation sites is 1. The molecule has 1 atom stereocenters. The van der Waals surface area contributed by atoms with Crippen LogP contribution < -0.4 is 10.6 Å². The molecule has 0 unspecified atom stereocenters. The van der Waals surface area contributed by atoms with E-state index in [0.717, 1.165) is 21.3 Å². The molecule has 0 aliphatic carbocycles. The Morgan fingerprint density at radius 2 is 2.14 bits per heavy atom. The minimum absolute atomic E-state index is 0.0811. The first-order valence-electron chi connectivity index (χ1n) is 6.69. The van der Waals surface area contributed by atoms with Crippen molar-refractivity contribution >= 4 is 27.5 Å². The fourth-order valence-electron chi connectivity index (χ4n) is 2.44. The summed E-state index contributed by atoms with van der Waals surface area (Å²) in [5.74, 6) is -0.392. The monoisotopic (exact) mass is 348 g/mol. The highest BCUT2D eigenvalue weighted by Crippen LogP contribution is 2.25. The van der Waals surface area contributed by atoms with E-state index >= 15 is 0 Å². The normalized spacial score (nSPS) is 16.2. The van der Waals surface area contributed by atoms with E-state index in [1.807, 2.05) is 24.3 Å². The molecule has 21 heavy (non-hydrogen) atoms. The molecule has 2 N–H and O–H groups in total. The van der Waals surface area contributed by atoms with E-state index in [4.69, 9.17) is 0 Å². The lowest BCUT2D eigenvalue weighted by Crippen LogP contribution is -2.38. The van der Waals surface area contributed by atoms with Gasteiger partial charge in [0.15, 0.2) is 0 Å². The number of hydrogen-bond donors (Lipinski definition) is 2. The van der Waals surface area contributed by atoms with Crippen LogP contribution in [0.5, 0.6) is 0 Å². The molecule has 1 aliphatic heterocycles. The van der Waals surface area contributed by atoms with Crippen LogP contribution in [0.3, 0.4) is 0 Å². The van der Waals surface area contributed by atoms with Crippen LogP contribution in [-0.2, 0) is 17.8 Å². The molecule has 3 rings (SSSR count). The van der Waals surface area contributed by atoms with Crippen molar-refractivity contribution in [2.24, 2.45) is 0 Å². The number of amides is 1. The van der Waals surface area contributed by atoms with E-state index < -0.39 is 0 Å². The molecule has 0 saturated carbocycles. The van der Waals surface area contributed by atoms with Crippen molar-refractivity contribution in [3.8, 4) is 0 Å². The van der Waals surface area contributed by atoms with Crippen LogP contribution in [0, 0.1) is 5.82 Å². The maximum absolute atomic E-state index is 13.2. The van der Waals surface area contributed by atoms with Gasteiger partial charge in [-0.25, -0.2) is 4.39 Å². The van der Waals surface area contributed by atoms with E-state index in [-0.39, 0.29) is 17.8 Å². The maximum atomic E-state index is 13.2. The second-order valence-corrected chi connectivity index (χ2v) is 5.87. The average Bonchev–Trinajstić information content (AvgIpc) is 2.92. The summed E-state index contributed by atoms with van der Waals surface area (Å²) in [4.78, 5) is 12.2. The summed E-state index contributed by atoms with van der Waals surface area (Å²) in [6, 6.07) is 12.0. The van der Waals surface area contributed by atoms with Gasteiger partial charge in [0.25, 0.3) is 0 Å². The van der Waals surface area contributed by atoms with Crippen molar-refractivity contribution < 1.29 is 9.18 Å². The largest absolute Gasteiger partial charge is 0.373 e. The number of halogens is 2. The summed E-state index contributed by atoms with van der Waals surface area (Å²) in [7, 11) is 0. The van der Waals surface area contributed by atoms with E-state index in [0.29, 0.717) is 13.0 Å². The molecule has 1 amide bonds. The molecule has 0 aromatic heterocycles. The van der Waals surface area contributed by atoms with Gasteiger partial charge < -0.3 is 10.6 Å². The van der Waals surface area contributed by atoms with Crippen molar-refractivity contribution in [1.29, 1.82) is 0 Å². The van der Waals surface area contributed by atoms with Gasteiger partial charge in [-0.1, -0.05) is 34.1 Å². The Kier molecular flexibility index (Phi) is 3.92. The Bertz CT molecular complexity index is 665. The minimum atomic E-state index is -0.311. The van der Waals surface area contributed by atoms with E-state index in [2.05, 4.69) is 26.6 Å². The maximum Gasteiger partial charge on any atom is 0.243 e. The van der Waals surface area contributed by atoms with Crippen LogP contribution in [0.25, 0.3) is 0 Å². The molecule has 0 saturated heterocycles. The highest BCUT2D eigenvalue weighted by Gasteiger charge is 2.26. The van der Waals surface area contributed by atoms with E-state index in [9.17, 15) is 9.18 Å². The Labute approximate surface area is 130 Å². The van der Waals surface area contributed by atoms with Crippen LogP contribution in [-0.4, -0.2) is 11.9 Å². The summed E-state index contributed by atoms with van der Waals surface area (Å²) in [5.41, 5.74) is 2.87. The molecule has 5 heteroatoms. The number of fused-ring (bicyclic) bond motifs is 1. The third-order valence-corrected chi connectivity index (χ3v) is 4.32. The fraction of sp³-hybridized carbons (Fsp3) is 0.188. The number of nitrogens with one attached hydrogen (secondary N) is 2. The van der Waals surface area contributed by atoms with Crippen molar-refractivity contribution in [1.82, 2.24) is 5.32 Å². The van der Waals surface area contributed by atoms with Crippen LogP contribution in [0.4, 0.5) is 10.1 Å². The molecule has 1 aliphatic rings. The third kappa shape index (κ3) is 3.08. The van der Waals surface area contributed by atoms with Gasteiger partial charge in [0, 0.05) is 23.1 Å². The molecule has 108 valence electrons. The lowest BCUT2D eigenvalue weighted by molar-refractivity contribution is -0.121. The van der Waals surface area contributed by atoms with Crippen LogP contribution in [0.2, 0.25) is 0 Å². The molecule has 2 aromatic carbocycles. The Balaban J connectivity index is 1.62. The number of carbonyl (C=O) groups excluding carboxylic acids is 1. The van der Waals surface area contributed by atoms with Crippen LogP contribution in [0.15, 0.2) is 46.9 Å². The van der Waals surface area contributed by atoms with Gasteiger partial charge >= 0.3 is 0 Å². The summed E-state index contributed by atoms with van der Waals surface area (Å²) in [5, 5.41) is 6.04. The first-order chi connectivity index (χ1) is 10.1. The second-order valence-electron chi connectivity index (χ2n) is 5.01. The Morgan fingerprint density at radius 1 is 1.33 bits per heavy atom. The topological polar surface area (TPSA) is 41.1 Å². The standard InChI is InChI=1S/C16H14BrFN2O/c17-13-6-5-12(18)7-11(13)9-19-16(21)15-8-10-3-1-2-4-14(10)20-15/h1-7,15,20H,8-9H2,(H,19,21)/t15-/m0/s1. The van der Waals surface area contributed by atoms with Gasteiger partial charge in [0.05, 0.1) is 0 Å². The van der Waals surface area contributed by atoms with Gasteiger partial charge in [-0.2, -0.15) is 0 Å². The summed E-state index contributed by atoms with van der Waals surface area (Å²) < 4.78 is 14.0. The third-order valence-electron chi connectivity index (χ3n) is 3.55. The number of benzene rings is 2. The SMILES string of the molecule is O=C(NCc1cc(F)ccc1Br)[C@@H]1Cc2ccccc2N1. The lowest BCUT2D eigenvalue weighted by Gasteiger charge is -2.12. The average molecular weight is 349 g/mol. The smallest absolute Gasteiger partial charge is 0.243 e. The molecule has 2 aromatic rings. The summed E-state index contributed by atoms with van der Waals surface area (Å²) >= 11 is 3.35. The second kappa shape index (κ2) is 5.85. The fourth-order valence-corrected chi connectivity index (χ4v) is 2.83. The van der Waals surface area contributed by atoms with Crippen molar-refractivity contribution in [3.05, 3.63) is 63.9 Å². The highest BCUT2D eigenvalue weighted by atomic mass is 79.9. The zero-order valence-corrected chi connectivity index (χ0v) is 12.8. The lowest BCUT2D eigenvalue weighted by atomic mass is 10.1. The van der Waals surface area contributed by atoms with Crippen molar-refractivity contribution in [3.63, 3.8) is 0 Å². The molecular weight excluding hydrogens is 335 g/mol. The molecule has 0 radical (unpaired) electrons. The Hall–Kier alpha value is -1.88. The molecule has 0 bridgehead atoms. The number of carbonyl (C=O) groups is 1. The van der Waals surface area contributed by atoms with Gasteiger partial charge in [0.2, 0.25) is 5.91 Å². The minimum Gasteiger partial charge on any atom is -0.373 e. The molecule has 1 heterocycles.